The van der Waals surface area contributed by atoms with Crippen LogP contribution in [-0.4, -0.2) is 5.97 Å². The fourth-order valence-electron chi connectivity index (χ4n) is 2.20. The molecule has 2 fully saturated rings. The number of carbonyl (C=O) groups excluding carboxylic acids is 1. The molecule has 2 saturated carbocycles. The molecule has 2 rings (SSSR count). The molecular formula is C11H15O2-. The smallest absolute Gasteiger partial charge is 0.0671 e. The standard InChI is InChI=1S/C11H16O2/c1-7(11(12)13)10-5-9(6-10)4-8-2-3-8/h8-10H,1-6H2,(H,12,13)/p-1. The van der Waals surface area contributed by atoms with E-state index in [4.69, 9.17) is 0 Å². The largest absolute Gasteiger partial charge is 0.545 e. The van der Waals surface area contributed by atoms with Crippen molar-refractivity contribution in [1.82, 2.24) is 0 Å². The van der Waals surface area contributed by atoms with Gasteiger partial charge in [-0.25, -0.2) is 0 Å². The number of carbonyl (C=O) groups is 1. The van der Waals surface area contributed by atoms with E-state index in [1.165, 1.54) is 19.3 Å². The van der Waals surface area contributed by atoms with Gasteiger partial charge in [-0.2, -0.15) is 0 Å². The van der Waals surface area contributed by atoms with Gasteiger partial charge in [0.25, 0.3) is 0 Å². The Kier molecular flexibility index (Phi) is 2.14. The highest BCUT2D eigenvalue weighted by atomic mass is 16.4. The van der Waals surface area contributed by atoms with Gasteiger partial charge in [0.15, 0.2) is 0 Å². The van der Waals surface area contributed by atoms with Gasteiger partial charge in [0, 0.05) is 0 Å². The molecule has 2 aliphatic rings. The van der Waals surface area contributed by atoms with Crippen LogP contribution in [0.3, 0.4) is 0 Å². The van der Waals surface area contributed by atoms with Crippen molar-refractivity contribution in [2.75, 3.05) is 0 Å². The lowest BCUT2D eigenvalue weighted by atomic mass is 9.69. The van der Waals surface area contributed by atoms with E-state index in [0.717, 1.165) is 24.7 Å². The van der Waals surface area contributed by atoms with Crippen molar-refractivity contribution in [2.45, 2.75) is 32.1 Å². The van der Waals surface area contributed by atoms with Crippen LogP contribution in [0, 0.1) is 17.8 Å². The van der Waals surface area contributed by atoms with E-state index < -0.39 is 5.97 Å². The number of carboxylic acid groups (broad SMARTS) is 1. The van der Waals surface area contributed by atoms with Gasteiger partial charge < -0.3 is 9.90 Å². The number of rotatable bonds is 4. The van der Waals surface area contributed by atoms with Gasteiger partial charge in [-0.1, -0.05) is 19.4 Å². The van der Waals surface area contributed by atoms with Crippen LogP contribution in [0.5, 0.6) is 0 Å². The van der Waals surface area contributed by atoms with Crippen LogP contribution in [0.25, 0.3) is 0 Å². The van der Waals surface area contributed by atoms with E-state index in [1.54, 1.807) is 0 Å². The summed E-state index contributed by atoms with van der Waals surface area (Å²) in [7, 11) is 0. The third-order valence-electron chi connectivity index (χ3n) is 3.35. The first kappa shape index (κ1) is 8.79. The quantitative estimate of drug-likeness (QED) is 0.607. The molecule has 0 amide bonds. The highest BCUT2D eigenvalue weighted by Crippen LogP contribution is 2.46. The SMILES string of the molecule is C=C(C(=O)[O-])C1CC(CC2CC2)C1. The van der Waals surface area contributed by atoms with E-state index in [1.807, 2.05) is 0 Å². The zero-order valence-corrected chi connectivity index (χ0v) is 7.79. The summed E-state index contributed by atoms with van der Waals surface area (Å²) in [6.07, 6.45) is 6.16. The summed E-state index contributed by atoms with van der Waals surface area (Å²) in [5.74, 6) is 0.888. The molecule has 0 atom stereocenters. The average molecular weight is 179 g/mol. The van der Waals surface area contributed by atoms with Gasteiger partial charge >= 0.3 is 0 Å². The van der Waals surface area contributed by atoms with Crippen molar-refractivity contribution in [1.29, 1.82) is 0 Å². The maximum Gasteiger partial charge on any atom is 0.0671 e. The van der Waals surface area contributed by atoms with Gasteiger partial charge in [0.05, 0.1) is 5.97 Å². The summed E-state index contributed by atoms with van der Waals surface area (Å²) in [4.78, 5) is 10.5. The minimum absolute atomic E-state index is 0.216. The fraction of sp³-hybridized carbons (Fsp3) is 0.727. The van der Waals surface area contributed by atoms with Crippen molar-refractivity contribution in [3.05, 3.63) is 12.2 Å². The van der Waals surface area contributed by atoms with Crippen molar-refractivity contribution in [2.24, 2.45) is 17.8 Å². The fourth-order valence-corrected chi connectivity index (χ4v) is 2.20. The van der Waals surface area contributed by atoms with Crippen LogP contribution in [0.15, 0.2) is 12.2 Å². The molecule has 0 radical (unpaired) electrons. The molecule has 0 aliphatic heterocycles. The predicted octanol–water partition coefficient (Wildman–Crippen LogP) is 1.12. The third-order valence-corrected chi connectivity index (χ3v) is 3.35. The topological polar surface area (TPSA) is 40.1 Å². The zero-order chi connectivity index (χ0) is 9.42. The number of carboxylic acids is 1. The van der Waals surface area contributed by atoms with E-state index in [0.29, 0.717) is 5.57 Å². The number of hydrogen-bond acceptors (Lipinski definition) is 2. The highest BCUT2D eigenvalue weighted by Gasteiger charge is 2.35. The second kappa shape index (κ2) is 3.17. The lowest BCUT2D eigenvalue weighted by Crippen LogP contribution is -2.34. The number of hydrogen-bond donors (Lipinski definition) is 0. The average Bonchev–Trinajstić information content (AvgIpc) is 2.77. The van der Waals surface area contributed by atoms with Crippen LogP contribution in [0.2, 0.25) is 0 Å². The second-order valence-electron chi connectivity index (χ2n) is 4.53. The Morgan fingerprint density at radius 2 is 1.92 bits per heavy atom. The summed E-state index contributed by atoms with van der Waals surface area (Å²) in [6, 6.07) is 0. The normalized spacial score (nSPS) is 32.3. The van der Waals surface area contributed by atoms with Gasteiger partial charge in [-0.3, -0.25) is 0 Å². The molecule has 72 valence electrons. The van der Waals surface area contributed by atoms with E-state index >= 15 is 0 Å². The summed E-state index contributed by atoms with van der Waals surface area (Å²) in [5.41, 5.74) is 0.312. The molecule has 0 N–H and O–H groups in total. The molecule has 2 nitrogen and oxygen atoms in total. The van der Waals surface area contributed by atoms with Crippen LogP contribution in [0.1, 0.15) is 32.1 Å². The highest BCUT2D eigenvalue weighted by molar-refractivity contribution is 5.84. The van der Waals surface area contributed by atoms with Crippen LogP contribution < -0.4 is 5.11 Å². The van der Waals surface area contributed by atoms with Crippen molar-refractivity contribution >= 4 is 5.97 Å². The Morgan fingerprint density at radius 3 is 2.38 bits per heavy atom. The zero-order valence-electron chi connectivity index (χ0n) is 7.79. The van der Waals surface area contributed by atoms with Crippen molar-refractivity contribution in [3.63, 3.8) is 0 Å². The molecule has 0 aromatic heterocycles. The summed E-state index contributed by atoms with van der Waals surface area (Å²) < 4.78 is 0. The molecule has 0 saturated heterocycles. The molecule has 0 bridgehead atoms. The predicted molar refractivity (Wildman–Crippen MR) is 47.7 cm³/mol. The van der Waals surface area contributed by atoms with Gasteiger partial charge in [0.1, 0.15) is 0 Å². The maximum atomic E-state index is 10.5. The van der Waals surface area contributed by atoms with Gasteiger partial charge in [-0.15, -0.1) is 0 Å². The van der Waals surface area contributed by atoms with E-state index in [-0.39, 0.29) is 5.92 Å². The first-order valence-electron chi connectivity index (χ1n) is 5.07. The summed E-state index contributed by atoms with van der Waals surface area (Å²) in [6.45, 7) is 3.54. The minimum Gasteiger partial charge on any atom is -0.545 e. The Labute approximate surface area is 78.6 Å². The Bertz CT molecular complexity index is 234. The van der Waals surface area contributed by atoms with Crippen molar-refractivity contribution in [3.8, 4) is 0 Å². The minimum atomic E-state index is -1.06. The maximum absolute atomic E-state index is 10.5. The van der Waals surface area contributed by atoms with E-state index in [2.05, 4.69) is 6.58 Å². The molecule has 0 aromatic rings. The number of aliphatic carboxylic acids is 1. The summed E-state index contributed by atoms with van der Waals surface area (Å²) >= 11 is 0. The van der Waals surface area contributed by atoms with Gasteiger partial charge in [0.2, 0.25) is 0 Å². The van der Waals surface area contributed by atoms with Crippen LogP contribution in [-0.2, 0) is 4.79 Å². The lowest BCUT2D eigenvalue weighted by molar-refractivity contribution is -0.300. The van der Waals surface area contributed by atoms with Crippen molar-refractivity contribution < 1.29 is 9.90 Å². The molecule has 0 heterocycles. The molecule has 2 aliphatic carbocycles. The molecular weight excluding hydrogens is 164 g/mol. The van der Waals surface area contributed by atoms with Crippen LogP contribution >= 0.6 is 0 Å². The molecule has 0 spiro atoms. The monoisotopic (exact) mass is 179 g/mol. The van der Waals surface area contributed by atoms with E-state index in [9.17, 15) is 9.90 Å². The first-order valence-corrected chi connectivity index (χ1v) is 5.07. The Morgan fingerprint density at radius 1 is 1.31 bits per heavy atom. The first-order chi connectivity index (χ1) is 6.16. The lowest BCUT2D eigenvalue weighted by Gasteiger charge is -2.37. The second-order valence-corrected chi connectivity index (χ2v) is 4.53. The molecule has 2 heteroatoms. The Hall–Kier alpha value is -0.790. The molecule has 13 heavy (non-hydrogen) atoms. The molecule has 0 unspecified atom stereocenters. The van der Waals surface area contributed by atoms with Crippen LogP contribution in [0.4, 0.5) is 0 Å². The molecule has 0 aromatic carbocycles. The summed E-state index contributed by atoms with van der Waals surface area (Å²) in [5, 5.41) is 10.5. The Balaban J connectivity index is 1.70. The third kappa shape index (κ3) is 1.93. The van der Waals surface area contributed by atoms with Gasteiger partial charge in [-0.05, 0) is 42.6 Å².